The van der Waals surface area contributed by atoms with Gasteiger partial charge in [-0.1, -0.05) is 31.9 Å². The first-order chi connectivity index (χ1) is 10.8. The highest BCUT2D eigenvalue weighted by Gasteiger charge is 2.15. The molecule has 0 radical (unpaired) electrons. The summed E-state index contributed by atoms with van der Waals surface area (Å²) in [7, 11) is 0. The van der Waals surface area contributed by atoms with Gasteiger partial charge in [0.2, 0.25) is 0 Å². The summed E-state index contributed by atoms with van der Waals surface area (Å²) < 4.78 is 8.55. The minimum atomic E-state index is 0.713. The van der Waals surface area contributed by atoms with Crippen LogP contribution < -0.4 is 9.47 Å². The van der Waals surface area contributed by atoms with E-state index in [1.807, 2.05) is 40.5 Å². The molecule has 0 saturated carbocycles. The third kappa shape index (κ3) is 4.31. The lowest BCUT2D eigenvalue weighted by atomic mass is 10.1. The van der Waals surface area contributed by atoms with Crippen LogP contribution in [0.4, 0.5) is 0 Å². The second-order valence-corrected chi connectivity index (χ2v) is 5.68. The van der Waals surface area contributed by atoms with Crippen LogP contribution in [0.25, 0.3) is 5.70 Å². The first-order valence-corrected chi connectivity index (χ1v) is 8.77. The van der Waals surface area contributed by atoms with E-state index in [1.165, 1.54) is 25.4 Å². The van der Waals surface area contributed by atoms with Crippen LogP contribution in [-0.4, -0.2) is 17.4 Å². The van der Waals surface area contributed by atoms with Gasteiger partial charge in [0.25, 0.3) is 6.33 Å². The van der Waals surface area contributed by atoms with Crippen LogP contribution >= 0.6 is 11.8 Å². The normalized spacial score (nSPS) is 11.6. The van der Waals surface area contributed by atoms with Gasteiger partial charge in [-0.25, -0.2) is 9.30 Å². The molecule has 0 aliphatic carbocycles. The van der Waals surface area contributed by atoms with E-state index >= 15 is 0 Å². The average molecular weight is 318 g/mol. The van der Waals surface area contributed by atoms with E-state index in [0.29, 0.717) is 6.61 Å². The van der Waals surface area contributed by atoms with Gasteiger partial charge in [-0.15, -0.1) is 11.8 Å². The van der Waals surface area contributed by atoms with Crippen LogP contribution in [0.3, 0.4) is 0 Å². The van der Waals surface area contributed by atoms with Crippen molar-refractivity contribution in [2.75, 3.05) is 12.9 Å². The fourth-order valence-corrected chi connectivity index (χ4v) is 2.66. The molecule has 0 aliphatic rings. The van der Waals surface area contributed by atoms with Gasteiger partial charge in [0.05, 0.1) is 12.2 Å². The summed E-state index contributed by atoms with van der Waals surface area (Å²) in [4.78, 5) is 0. The third-order valence-corrected chi connectivity index (χ3v) is 3.75. The monoisotopic (exact) mass is 318 g/mol. The maximum absolute atomic E-state index is 11.4. The number of rotatable bonds is 8. The van der Waals surface area contributed by atoms with E-state index in [9.17, 15) is 5.21 Å². The van der Waals surface area contributed by atoms with Gasteiger partial charge in [0, 0.05) is 5.41 Å². The highest BCUT2D eigenvalue weighted by atomic mass is 32.2. The van der Waals surface area contributed by atoms with E-state index in [4.69, 9.17) is 4.74 Å². The molecule has 1 heterocycles. The quantitative estimate of drug-likeness (QED) is 0.421. The summed E-state index contributed by atoms with van der Waals surface area (Å²) in [5.74, 6) is 0.852. The van der Waals surface area contributed by atoms with Gasteiger partial charge in [-0.05, 0) is 24.8 Å². The number of thioether (sulfide) groups is 1. The molecule has 118 valence electrons. The van der Waals surface area contributed by atoms with Crippen LogP contribution in [-0.2, 0) is 0 Å². The zero-order valence-corrected chi connectivity index (χ0v) is 13.9. The minimum Gasteiger partial charge on any atom is -0.711 e. The van der Waals surface area contributed by atoms with E-state index in [0.717, 1.165) is 28.2 Å². The Morgan fingerprint density at radius 2 is 2.18 bits per heavy atom. The van der Waals surface area contributed by atoms with Crippen molar-refractivity contribution in [2.24, 2.45) is 0 Å². The number of nitrogens with zero attached hydrogens (tertiary/aromatic N) is 2. The fraction of sp³-hybridized carbons (Fsp3) is 0.353. The van der Waals surface area contributed by atoms with Crippen molar-refractivity contribution in [1.82, 2.24) is 4.57 Å². The molecule has 1 aromatic heterocycles. The SMILES string of the molecule is CCCCCOc1ccccc1/C(=C\SC)n1cc[n+]([O-])c1. The lowest BCUT2D eigenvalue weighted by Crippen LogP contribution is -2.21. The van der Waals surface area contributed by atoms with Gasteiger partial charge in [0.15, 0.2) is 0 Å². The van der Waals surface area contributed by atoms with Crippen molar-refractivity contribution in [2.45, 2.75) is 26.2 Å². The maximum atomic E-state index is 11.4. The molecule has 2 rings (SSSR count). The van der Waals surface area contributed by atoms with Crippen LogP contribution in [0.1, 0.15) is 31.7 Å². The number of hydrogen-bond acceptors (Lipinski definition) is 3. The Morgan fingerprint density at radius 3 is 2.86 bits per heavy atom. The zero-order chi connectivity index (χ0) is 15.8. The smallest absolute Gasteiger partial charge is 0.252 e. The second kappa shape index (κ2) is 8.54. The molecule has 0 N–H and O–H groups in total. The highest BCUT2D eigenvalue weighted by molar-refractivity contribution is 8.01. The van der Waals surface area contributed by atoms with E-state index < -0.39 is 0 Å². The Hall–Kier alpha value is -1.88. The van der Waals surface area contributed by atoms with Crippen molar-refractivity contribution in [3.8, 4) is 5.75 Å². The number of imidazole rings is 1. The standard InChI is InChI=1S/C17H22N2O2S/c1-3-4-7-12-21-17-9-6-5-8-15(17)16(13-22-2)18-10-11-19(20)14-18/h5-6,8-11,13-14H,3-4,7,12H2,1-2H3/b16-13+. The Labute approximate surface area is 136 Å². The summed E-state index contributed by atoms with van der Waals surface area (Å²) in [6.45, 7) is 2.89. The minimum absolute atomic E-state index is 0.713. The molecule has 4 nitrogen and oxygen atoms in total. The van der Waals surface area contributed by atoms with Crippen molar-refractivity contribution in [3.05, 3.63) is 59.2 Å². The zero-order valence-electron chi connectivity index (χ0n) is 13.1. The number of para-hydroxylation sites is 1. The van der Waals surface area contributed by atoms with E-state index in [2.05, 4.69) is 6.92 Å². The Kier molecular flexibility index (Phi) is 6.40. The number of hydrogen-bond donors (Lipinski definition) is 0. The van der Waals surface area contributed by atoms with E-state index in [1.54, 1.807) is 18.0 Å². The predicted molar refractivity (Wildman–Crippen MR) is 91.7 cm³/mol. The molecule has 5 heteroatoms. The van der Waals surface area contributed by atoms with Crippen molar-refractivity contribution in [1.29, 1.82) is 0 Å². The van der Waals surface area contributed by atoms with E-state index in [-0.39, 0.29) is 0 Å². The third-order valence-electron chi connectivity index (χ3n) is 3.29. The molecular weight excluding hydrogens is 296 g/mol. The number of aromatic nitrogens is 2. The summed E-state index contributed by atoms with van der Waals surface area (Å²) in [5.41, 5.74) is 1.93. The summed E-state index contributed by atoms with van der Waals surface area (Å²) in [5, 5.41) is 13.4. The van der Waals surface area contributed by atoms with Crippen molar-refractivity contribution >= 4 is 17.5 Å². The van der Waals surface area contributed by atoms with Gasteiger partial charge in [-0.2, -0.15) is 0 Å². The lowest BCUT2D eigenvalue weighted by Gasteiger charge is -2.12. The van der Waals surface area contributed by atoms with Crippen molar-refractivity contribution in [3.63, 3.8) is 0 Å². The molecule has 0 atom stereocenters. The molecule has 0 amide bonds. The molecule has 0 saturated heterocycles. The summed E-state index contributed by atoms with van der Waals surface area (Å²) in [6, 6.07) is 7.95. The number of ether oxygens (including phenoxy) is 1. The largest absolute Gasteiger partial charge is 0.711 e. The molecule has 22 heavy (non-hydrogen) atoms. The Morgan fingerprint density at radius 1 is 1.36 bits per heavy atom. The molecule has 0 unspecified atom stereocenters. The first kappa shape index (κ1) is 16.5. The molecule has 2 aromatic rings. The summed E-state index contributed by atoms with van der Waals surface area (Å²) in [6.07, 6.45) is 10.1. The van der Waals surface area contributed by atoms with Crippen LogP contribution in [0.5, 0.6) is 5.75 Å². The van der Waals surface area contributed by atoms with Gasteiger partial charge in [-0.3, -0.25) is 0 Å². The molecule has 0 bridgehead atoms. The second-order valence-electron chi connectivity index (χ2n) is 4.97. The molecule has 0 spiro atoms. The van der Waals surface area contributed by atoms with Crippen LogP contribution in [0.2, 0.25) is 0 Å². The van der Waals surface area contributed by atoms with Crippen LogP contribution in [0.15, 0.2) is 48.4 Å². The lowest BCUT2D eigenvalue weighted by molar-refractivity contribution is -0.604. The summed E-state index contributed by atoms with van der Waals surface area (Å²) >= 11 is 1.60. The molecular formula is C17H22N2O2S. The maximum Gasteiger partial charge on any atom is 0.252 e. The Balaban J connectivity index is 2.26. The first-order valence-electron chi connectivity index (χ1n) is 7.48. The van der Waals surface area contributed by atoms with Crippen molar-refractivity contribution < 1.29 is 9.47 Å². The number of benzene rings is 1. The fourth-order valence-electron chi connectivity index (χ4n) is 2.19. The molecule has 1 aromatic carbocycles. The molecule has 0 aliphatic heterocycles. The van der Waals surface area contributed by atoms with Gasteiger partial charge >= 0.3 is 0 Å². The average Bonchev–Trinajstić information content (AvgIpc) is 2.96. The predicted octanol–water partition coefficient (Wildman–Crippen LogP) is 3.90. The van der Waals surface area contributed by atoms with Gasteiger partial charge < -0.3 is 9.94 Å². The highest BCUT2D eigenvalue weighted by Crippen LogP contribution is 2.28. The van der Waals surface area contributed by atoms with Crippen LogP contribution in [0, 0.1) is 5.21 Å². The topological polar surface area (TPSA) is 41.1 Å². The number of unbranched alkanes of at least 4 members (excludes halogenated alkanes) is 2. The molecule has 0 fully saturated rings. The Bertz CT molecular complexity index is 623. The van der Waals surface area contributed by atoms with Gasteiger partial charge in [0.1, 0.15) is 23.8 Å².